The monoisotopic (exact) mass is 477 g/mol. The number of halogens is 1. The minimum absolute atomic E-state index is 0. The van der Waals surface area contributed by atoms with Crippen LogP contribution < -0.4 is 5.32 Å². The van der Waals surface area contributed by atoms with Gasteiger partial charge >= 0.3 is 0 Å². The molecule has 0 aromatic heterocycles. The summed E-state index contributed by atoms with van der Waals surface area (Å²) < 4.78 is 23.1. The first-order valence-corrected chi connectivity index (χ1v) is 10.6. The van der Waals surface area contributed by atoms with Crippen LogP contribution in [0.15, 0.2) is 35.3 Å². The lowest BCUT2D eigenvalue weighted by Gasteiger charge is -2.23. The molecular weight excluding hydrogens is 449 g/mol. The van der Waals surface area contributed by atoms with E-state index in [0.29, 0.717) is 24.0 Å². The van der Waals surface area contributed by atoms with Crippen molar-refractivity contribution in [2.24, 2.45) is 16.8 Å². The summed E-state index contributed by atoms with van der Waals surface area (Å²) in [5.41, 5.74) is 1.39. The number of nitrogens with zero attached hydrogens (tertiary/aromatic N) is 2. The molecule has 2 aliphatic rings. The van der Waals surface area contributed by atoms with Crippen molar-refractivity contribution in [1.29, 1.82) is 0 Å². The van der Waals surface area contributed by atoms with Gasteiger partial charge < -0.3 is 10.2 Å². The Labute approximate surface area is 168 Å². The molecule has 5 nitrogen and oxygen atoms in total. The van der Waals surface area contributed by atoms with E-state index >= 15 is 0 Å². The molecule has 2 unspecified atom stereocenters. The molecule has 1 aromatic rings. The Morgan fingerprint density at radius 3 is 2.64 bits per heavy atom. The predicted octanol–water partition coefficient (Wildman–Crippen LogP) is 2.18. The van der Waals surface area contributed by atoms with Gasteiger partial charge in [-0.3, -0.25) is 4.99 Å². The van der Waals surface area contributed by atoms with Crippen molar-refractivity contribution in [3.05, 3.63) is 35.9 Å². The van der Waals surface area contributed by atoms with Crippen LogP contribution in [0, 0.1) is 11.8 Å². The molecule has 1 aromatic carbocycles. The lowest BCUT2D eigenvalue weighted by Crippen LogP contribution is -2.42. The van der Waals surface area contributed by atoms with E-state index in [1.54, 1.807) is 7.05 Å². The number of rotatable bonds is 4. The molecule has 0 radical (unpaired) electrons. The molecule has 25 heavy (non-hydrogen) atoms. The predicted molar refractivity (Wildman–Crippen MR) is 113 cm³/mol. The largest absolute Gasteiger partial charge is 0.356 e. The summed E-state index contributed by atoms with van der Waals surface area (Å²) in [5.74, 6) is 2.43. The average molecular weight is 477 g/mol. The van der Waals surface area contributed by atoms with E-state index in [-0.39, 0.29) is 29.9 Å². The Bertz CT molecular complexity index is 679. The van der Waals surface area contributed by atoms with E-state index in [9.17, 15) is 8.42 Å². The van der Waals surface area contributed by atoms with Gasteiger partial charge in [0.1, 0.15) is 0 Å². The van der Waals surface area contributed by atoms with Crippen LogP contribution >= 0.6 is 24.0 Å². The highest BCUT2D eigenvalue weighted by Crippen LogP contribution is 2.21. The normalized spacial score (nSPS) is 25.6. The van der Waals surface area contributed by atoms with Crippen LogP contribution in [0.25, 0.3) is 0 Å². The fraction of sp³-hybridized carbons (Fsp3) is 0.611. The summed E-state index contributed by atoms with van der Waals surface area (Å²) in [6.07, 6.45) is 3.05. The quantitative estimate of drug-likeness (QED) is 0.411. The summed E-state index contributed by atoms with van der Waals surface area (Å²) >= 11 is 0. The Balaban J connectivity index is 0.00000225. The lowest BCUT2D eigenvalue weighted by molar-refractivity contribution is 0.450. The van der Waals surface area contributed by atoms with Gasteiger partial charge in [-0.25, -0.2) is 8.42 Å². The van der Waals surface area contributed by atoms with Crippen LogP contribution in [-0.4, -0.2) is 57.5 Å². The van der Waals surface area contributed by atoms with E-state index < -0.39 is 9.84 Å². The van der Waals surface area contributed by atoms with Crippen molar-refractivity contribution in [3.8, 4) is 0 Å². The molecule has 2 saturated heterocycles. The van der Waals surface area contributed by atoms with Gasteiger partial charge in [-0.05, 0) is 36.7 Å². The summed E-state index contributed by atoms with van der Waals surface area (Å²) in [6, 6.07) is 10.6. The number of hydrogen-bond donors (Lipinski definition) is 1. The van der Waals surface area contributed by atoms with Gasteiger partial charge in [0.2, 0.25) is 0 Å². The highest BCUT2D eigenvalue weighted by molar-refractivity contribution is 14.0. The van der Waals surface area contributed by atoms with Gasteiger partial charge in [0.05, 0.1) is 11.5 Å². The minimum atomic E-state index is -2.81. The fourth-order valence-corrected chi connectivity index (χ4v) is 5.60. The van der Waals surface area contributed by atoms with Crippen LogP contribution in [0.2, 0.25) is 0 Å². The topological polar surface area (TPSA) is 61.8 Å². The SMILES string of the molecule is CN=C(NCC1CCS(=O)(=O)C1)N1CCC(Cc2ccccc2)C1.I. The van der Waals surface area contributed by atoms with Crippen molar-refractivity contribution in [3.63, 3.8) is 0 Å². The van der Waals surface area contributed by atoms with E-state index in [0.717, 1.165) is 31.9 Å². The summed E-state index contributed by atoms with van der Waals surface area (Å²) in [7, 11) is -1.00. The Kier molecular flexibility index (Phi) is 7.54. The first kappa shape index (κ1) is 20.5. The van der Waals surface area contributed by atoms with E-state index in [2.05, 4.69) is 45.5 Å². The number of guanidine groups is 1. The Morgan fingerprint density at radius 1 is 1.24 bits per heavy atom. The second-order valence-corrected chi connectivity index (χ2v) is 9.22. The number of aliphatic imine (C=N–C) groups is 1. The number of benzene rings is 1. The Morgan fingerprint density at radius 2 is 2.00 bits per heavy atom. The van der Waals surface area contributed by atoms with Crippen molar-refractivity contribution in [2.45, 2.75) is 19.3 Å². The summed E-state index contributed by atoms with van der Waals surface area (Å²) in [6.45, 7) is 2.73. The molecule has 7 heteroatoms. The molecule has 2 aliphatic heterocycles. The van der Waals surface area contributed by atoms with Crippen LogP contribution in [0.5, 0.6) is 0 Å². The lowest BCUT2D eigenvalue weighted by atomic mass is 9.99. The molecule has 0 bridgehead atoms. The maximum atomic E-state index is 11.6. The second-order valence-electron chi connectivity index (χ2n) is 6.99. The summed E-state index contributed by atoms with van der Waals surface area (Å²) in [4.78, 5) is 6.69. The van der Waals surface area contributed by atoms with Gasteiger partial charge in [0.15, 0.2) is 15.8 Å². The van der Waals surface area contributed by atoms with Crippen molar-refractivity contribution in [2.75, 3.05) is 38.2 Å². The van der Waals surface area contributed by atoms with Gasteiger partial charge in [0, 0.05) is 26.7 Å². The van der Waals surface area contributed by atoms with Gasteiger partial charge in [-0.1, -0.05) is 30.3 Å². The maximum absolute atomic E-state index is 11.6. The maximum Gasteiger partial charge on any atom is 0.193 e. The van der Waals surface area contributed by atoms with E-state index in [1.165, 1.54) is 12.0 Å². The number of nitrogens with one attached hydrogen (secondary N) is 1. The molecule has 0 aliphatic carbocycles. The zero-order valence-electron chi connectivity index (χ0n) is 14.7. The molecular formula is C18H28IN3O2S. The zero-order valence-corrected chi connectivity index (χ0v) is 17.9. The number of hydrogen-bond acceptors (Lipinski definition) is 3. The van der Waals surface area contributed by atoms with Crippen molar-refractivity contribution < 1.29 is 8.42 Å². The third kappa shape index (κ3) is 5.84. The van der Waals surface area contributed by atoms with E-state index in [4.69, 9.17) is 0 Å². The molecule has 0 saturated carbocycles. The molecule has 2 fully saturated rings. The molecule has 2 heterocycles. The minimum Gasteiger partial charge on any atom is -0.356 e. The highest BCUT2D eigenvalue weighted by Gasteiger charge is 2.29. The summed E-state index contributed by atoms with van der Waals surface area (Å²) in [5, 5.41) is 3.39. The number of likely N-dealkylation sites (tertiary alicyclic amines) is 1. The van der Waals surface area contributed by atoms with Gasteiger partial charge in [-0.15, -0.1) is 24.0 Å². The van der Waals surface area contributed by atoms with Crippen LogP contribution in [0.3, 0.4) is 0 Å². The van der Waals surface area contributed by atoms with Gasteiger partial charge in [-0.2, -0.15) is 0 Å². The molecule has 0 amide bonds. The first-order chi connectivity index (χ1) is 11.6. The zero-order chi connectivity index (χ0) is 17.0. The smallest absolute Gasteiger partial charge is 0.193 e. The van der Waals surface area contributed by atoms with Crippen LogP contribution in [0.1, 0.15) is 18.4 Å². The number of sulfone groups is 1. The highest BCUT2D eigenvalue weighted by atomic mass is 127. The van der Waals surface area contributed by atoms with Gasteiger partial charge in [0.25, 0.3) is 0 Å². The molecule has 140 valence electrons. The Hall–Kier alpha value is -0.830. The fourth-order valence-electron chi connectivity index (χ4n) is 3.74. The van der Waals surface area contributed by atoms with Crippen LogP contribution in [0.4, 0.5) is 0 Å². The second kappa shape index (κ2) is 9.21. The third-order valence-electron chi connectivity index (χ3n) is 5.04. The first-order valence-electron chi connectivity index (χ1n) is 8.75. The molecule has 2 atom stereocenters. The van der Waals surface area contributed by atoms with Crippen molar-refractivity contribution >= 4 is 39.8 Å². The van der Waals surface area contributed by atoms with Crippen molar-refractivity contribution in [1.82, 2.24) is 10.2 Å². The molecule has 3 rings (SSSR count). The standard InChI is InChI=1S/C18H27N3O2S.HI/c1-19-18(20-12-17-8-10-24(22,23)14-17)21-9-7-16(13-21)11-15-5-3-2-4-6-15;/h2-6,16-17H,7-14H2,1H3,(H,19,20);1H. The van der Waals surface area contributed by atoms with E-state index in [1.807, 2.05) is 0 Å². The molecule has 1 N–H and O–H groups in total. The molecule has 0 spiro atoms. The van der Waals surface area contributed by atoms with Crippen LogP contribution in [-0.2, 0) is 16.3 Å². The average Bonchev–Trinajstić information content (AvgIpc) is 3.16. The third-order valence-corrected chi connectivity index (χ3v) is 6.88.